The summed E-state index contributed by atoms with van der Waals surface area (Å²) in [4.78, 5) is 61.4. The van der Waals surface area contributed by atoms with E-state index in [0.717, 1.165) is 37.5 Å². The van der Waals surface area contributed by atoms with Crippen LogP contribution in [0.2, 0.25) is 5.02 Å². The predicted octanol–water partition coefficient (Wildman–Crippen LogP) is 4.70. The number of rotatable bonds is 7. The molecule has 0 unspecified atom stereocenters. The number of piperazine rings is 1. The Bertz CT molecular complexity index is 1970. The summed E-state index contributed by atoms with van der Waals surface area (Å²) in [6.45, 7) is 4.07. The van der Waals surface area contributed by atoms with E-state index in [9.17, 15) is 32.7 Å². The molecule has 2 amide bonds. The van der Waals surface area contributed by atoms with Crippen molar-refractivity contribution in [2.75, 3.05) is 36.4 Å². The molecule has 16 heteroatoms. The largest absolute Gasteiger partial charge is 0.504 e. The Morgan fingerprint density at radius 3 is 2.46 bits per heavy atom. The maximum atomic E-state index is 14.2. The first-order valence-corrected chi connectivity index (χ1v) is 15.9. The van der Waals surface area contributed by atoms with Crippen LogP contribution in [0.1, 0.15) is 65.2 Å². The molecule has 1 saturated carbocycles. The summed E-state index contributed by atoms with van der Waals surface area (Å²) < 4.78 is 41.1. The molecule has 6 rings (SSSR count). The van der Waals surface area contributed by atoms with Crippen molar-refractivity contribution in [2.24, 2.45) is 0 Å². The summed E-state index contributed by atoms with van der Waals surface area (Å²) in [6.07, 6.45) is 1.49. The fourth-order valence-corrected chi connectivity index (χ4v) is 6.26. The molecule has 1 saturated heterocycles. The van der Waals surface area contributed by atoms with Crippen molar-refractivity contribution in [3.05, 3.63) is 74.3 Å². The Morgan fingerprint density at radius 2 is 1.83 bits per heavy atom. The maximum Gasteiger partial charge on any atom is 0.416 e. The van der Waals surface area contributed by atoms with Gasteiger partial charge in [-0.2, -0.15) is 13.2 Å². The van der Waals surface area contributed by atoms with Gasteiger partial charge in [-0.3, -0.25) is 14.4 Å². The molecule has 4 aromatic rings. The molecule has 2 aliphatic rings. The van der Waals surface area contributed by atoms with E-state index >= 15 is 0 Å². The van der Waals surface area contributed by atoms with Gasteiger partial charge in [0.15, 0.2) is 22.6 Å². The van der Waals surface area contributed by atoms with Crippen LogP contribution in [0.15, 0.2) is 35.5 Å². The number of carbonyl (C=O) groups is 2. The van der Waals surface area contributed by atoms with Gasteiger partial charge < -0.3 is 24.8 Å². The van der Waals surface area contributed by atoms with E-state index in [0.29, 0.717) is 23.5 Å². The first-order chi connectivity index (χ1) is 22.9. The van der Waals surface area contributed by atoms with Gasteiger partial charge in [0.05, 0.1) is 33.9 Å². The van der Waals surface area contributed by atoms with E-state index in [1.165, 1.54) is 6.33 Å². The summed E-state index contributed by atoms with van der Waals surface area (Å²) in [5.41, 5.74) is 0.743. The van der Waals surface area contributed by atoms with Gasteiger partial charge in [-0.05, 0) is 44.4 Å². The van der Waals surface area contributed by atoms with Crippen molar-refractivity contribution in [1.29, 1.82) is 0 Å². The molecule has 2 fully saturated rings. The van der Waals surface area contributed by atoms with Crippen LogP contribution < -0.4 is 15.6 Å². The number of nitrogens with zero attached hydrogens (tertiary/aromatic N) is 7. The van der Waals surface area contributed by atoms with Crippen molar-refractivity contribution < 1.29 is 27.9 Å². The van der Waals surface area contributed by atoms with Crippen LogP contribution in [0, 0.1) is 6.92 Å². The maximum absolute atomic E-state index is 14.2. The highest BCUT2D eigenvalue weighted by molar-refractivity contribution is 6.33. The Labute approximate surface area is 277 Å². The van der Waals surface area contributed by atoms with E-state index in [1.807, 2.05) is 11.8 Å². The number of benzene rings is 1. The van der Waals surface area contributed by atoms with Gasteiger partial charge in [-0.25, -0.2) is 19.9 Å². The third kappa shape index (κ3) is 6.25. The summed E-state index contributed by atoms with van der Waals surface area (Å²) in [5, 5.41) is 12.7. The van der Waals surface area contributed by atoms with Crippen LogP contribution in [0.25, 0.3) is 11.2 Å². The zero-order chi connectivity index (χ0) is 34.3. The highest BCUT2D eigenvalue weighted by Crippen LogP contribution is 2.36. The van der Waals surface area contributed by atoms with Crippen molar-refractivity contribution in [3.63, 3.8) is 0 Å². The Kier molecular flexibility index (Phi) is 8.98. The fraction of sp³-hybridized carbons (Fsp3) is 0.406. The molecular weight excluding hydrogens is 653 g/mol. The van der Waals surface area contributed by atoms with Crippen molar-refractivity contribution in [3.8, 4) is 5.75 Å². The molecule has 2 N–H and O–H groups in total. The minimum atomic E-state index is -4.60. The van der Waals surface area contributed by atoms with Crippen molar-refractivity contribution in [1.82, 2.24) is 29.4 Å². The molecule has 4 heterocycles. The molecule has 3 aromatic heterocycles. The van der Waals surface area contributed by atoms with E-state index in [-0.39, 0.29) is 83.1 Å². The van der Waals surface area contributed by atoms with Gasteiger partial charge in [0, 0.05) is 37.8 Å². The number of pyridine rings is 1. The molecule has 12 nitrogen and oxygen atoms in total. The molecule has 1 aliphatic carbocycles. The second-order valence-corrected chi connectivity index (χ2v) is 12.2. The number of aryl methyl sites for hydroxylation is 1. The SMILES string of the molecule is CCc1c(N2CCN(C(=O)c3ncnc(C)c3O)CC2)c(=O)c2nc(C3CCC3)cnc2n1CC(=O)Nc1ccc(C(F)(F)F)cc1Cl. The number of fused-ring (bicyclic) bond motifs is 1. The van der Waals surface area contributed by atoms with Gasteiger partial charge in [0.1, 0.15) is 18.6 Å². The molecule has 0 bridgehead atoms. The van der Waals surface area contributed by atoms with E-state index < -0.39 is 23.6 Å². The average Bonchev–Trinajstić information content (AvgIpc) is 3.03. The molecule has 48 heavy (non-hydrogen) atoms. The first-order valence-electron chi connectivity index (χ1n) is 15.5. The smallest absolute Gasteiger partial charge is 0.416 e. The number of aromatic nitrogens is 5. The third-order valence-electron chi connectivity index (χ3n) is 8.88. The molecular formula is C32H32ClF3N8O4. The van der Waals surface area contributed by atoms with Gasteiger partial charge in [0.2, 0.25) is 11.3 Å². The minimum Gasteiger partial charge on any atom is -0.504 e. The average molecular weight is 685 g/mol. The summed E-state index contributed by atoms with van der Waals surface area (Å²) in [6, 6.07) is 2.66. The third-order valence-corrected chi connectivity index (χ3v) is 9.19. The summed E-state index contributed by atoms with van der Waals surface area (Å²) >= 11 is 6.10. The number of aromatic hydroxyl groups is 1. The number of nitrogens with one attached hydrogen (secondary N) is 1. The molecule has 252 valence electrons. The number of hydrogen-bond acceptors (Lipinski definition) is 9. The van der Waals surface area contributed by atoms with Gasteiger partial charge >= 0.3 is 6.18 Å². The number of hydrogen-bond donors (Lipinski definition) is 2. The van der Waals surface area contributed by atoms with Crippen LogP contribution in [-0.4, -0.2) is 72.5 Å². The van der Waals surface area contributed by atoms with Gasteiger partial charge in [0.25, 0.3) is 5.91 Å². The lowest BCUT2D eigenvalue weighted by Gasteiger charge is -2.37. The lowest BCUT2D eigenvalue weighted by molar-refractivity contribution is -0.137. The quantitative estimate of drug-likeness (QED) is 0.283. The Morgan fingerprint density at radius 1 is 1.10 bits per heavy atom. The van der Waals surface area contributed by atoms with Crippen LogP contribution in [0.5, 0.6) is 5.75 Å². The van der Waals surface area contributed by atoms with Crippen LogP contribution in [0.3, 0.4) is 0 Å². The zero-order valence-electron chi connectivity index (χ0n) is 26.1. The highest BCUT2D eigenvalue weighted by Gasteiger charge is 2.32. The molecule has 0 radical (unpaired) electrons. The Balaban J connectivity index is 1.34. The van der Waals surface area contributed by atoms with Crippen LogP contribution in [-0.2, 0) is 23.9 Å². The van der Waals surface area contributed by atoms with E-state index in [1.54, 1.807) is 22.6 Å². The molecule has 1 aromatic carbocycles. The molecule has 0 atom stereocenters. The minimum absolute atomic E-state index is 0.00218. The summed E-state index contributed by atoms with van der Waals surface area (Å²) in [7, 11) is 0. The number of anilines is 2. The number of halogens is 4. The lowest BCUT2D eigenvalue weighted by atomic mass is 9.83. The van der Waals surface area contributed by atoms with Gasteiger partial charge in [-0.15, -0.1) is 0 Å². The number of alkyl halides is 3. The standard InChI is InChI=1S/C32H32ClF3N8O4/c1-3-23-27(42-9-11-43(12-10-42)31(48)26-28(46)17(2)38-16-39-26)29(47)25-30(37-14-22(41-25)18-5-4-6-18)44(23)15-24(45)40-21-8-7-19(13-20(21)33)32(34,35)36/h7-8,13-14,16,18,46H,3-6,9-12,15H2,1-2H3,(H,40,45). The highest BCUT2D eigenvalue weighted by atomic mass is 35.5. The second kappa shape index (κ2) is 13.0. The topological polar surface area (TPSA) is 146 Å². The predicted molar refractivity (Wildman–Crippen MR) is 171 cm³/mol. The number of carbonyl (C=O) groups excluding carboxylic acids is 2. The molecule has 1 aliphatic heterocycles. The zero-order valence-corrected chi connectivity index (χ0v) is 26.9. The number of amides is 2. The van der Waals surface area contributed by atoms with E-state index in [2.05, 4.69) is 20.3 Å². The first kappa shape index (κ1) is 33.1. The van der Waals surface area contributed by atoms with Crippen molar-refractivity contribution >= 4 is 46.0 Å². The van der Waals surface area contributed by atoms with Crippen LogP contribution >= 0.6 is 11.6 Å². The van der Waals surface area contributed by atoms with Crippen molar-refractivity contribution in [2.45, 2.75) is 58.2 Å². The van der Waals surface area contributed by atoms with E-state index in [4.69, 9.17) is 16.6 Å². The normalized spacial score (nSPS) is 15.5. The Hall–Kier alpha value is -4.79. The summed E-state index contributed by atoms with van der Waals surface area (Å²) in [5.74, 6) is -1.15. The second-order valence-electron chi connectivity index (χ2n) is 11.8. The van der Waals surface area contributed by atoms with Crippen LogP contribution in [0.4, 0.5) is 24.5 Å². The monoisotopic (exact) mass is 684 g/mol. The molecule has 0 spiro atoms. The lowest BCUT2D eigenvalue weighted by Crippen LogP contribution is -2.50. The fourth-order valence-electron chi connectivity index (χ4n) is 6.03. The van der Waals surface area contributed by atoms with Gasteiger partial charge in [-0.1, -0.05) is 24.9 Å².